The molecule has 2 aromatic carbocycles. The number of nitrogens with zero attached hydrogens (tertiary/aromatic N) is 1. The fraction of sp³-hybridized carbons (Fsp3) is 0.263. The molecule has 1 aliphatic rings. The molecule has 5 heteroatoms. The first-order valence-electron chi connectivity index (χ1n) is 7.96. The third-order valence-electron chi connectivity index (χ3n) is 4.34. The van der Waals surface area contributed by atoms with E-state index in [4.69, 9.17) is 0 Å². The van der Waals surface area contributed by atoms with Crippen molar-refractivity contribution in [2.45, 2.75) is 19.9 Å². The molecule has 124 valence electrons. The van der Waals surface area contributed by atoms with Crippen LogP contribution in [0, 0.1) is 18.7 Å². The lowest BCUT2D eigenvalue weighted by Crippen LogP contribution is -2.36. The number of carbonyl (C=O) groups is 2. The average Bonchev–Trinajstić information content (AvgIpc) is 2.96. The van der Waals surface area contributed by atoms with Crippen LogP contribution in [-0.4, -0.2) is 18.4 Å². The van der Waals surface area contributed by atoms with Crippen LogP contribution >= 0.6 is 0 Å². The molecule has 0 bridgehead atoms. The van der Waals surface area contributed by atoms with E-state index in [1.807, 2.05) is 31.2 Å². The zero-order chi connectivity index (χ0) is 17.1. The average molecular weight is 326 g/mol. The van der Waals surface area contributed by atoms with Crippen LogP contribution in [-0.2, 0) is 16.1 Å². The standard InChI is InChI=1S/C19H19FN2O2/c1-13-6-2-5-9-17(13)22-11-10-15(19(22)24)18(23)21-12-14-7-3-4-8-16(14)20/h2-9,15H,10-12H2,1H3,(H,21,23). The fourth-order valence-corrected chi connectivity index (χ4v) is 2.98. The Hall–Kier alpha value is -2.69. The van der Waals surface area contributed by atoms with Gasteiger partial charge in [0.15, 0.2) is 0 Å². The number of anilines is 1. The van der Waals surface area contributed by atoms with Gasteiger partial charge in [-0.2, -0.15) is 0 Å². The predicted molar refractivity (Wildman–Crippen MR) is 89.9 cm³/mol. The number of benzene rings is 2. The second-order valence-corrected chi connectivity index (χ2v) is 5.93. The van der Waals surface area contributed by atoms with Crippen molar-refractivity contribution < 1.29 is 14.0 Å². The molecule has 1 saturated heterocycles. The third kappa shape index (κ3) is 3.15. The minimum Gasteiger partial charge on any atom is -0.351 e. The number of amides is 2. The molecule has 1 N–H and O–H groups in total. The van der Waals surface area contributed by atoms with Crippen molar-refractivity contribution >= 4 is 17.5 Å². The zero-order valence-corrected chi connectivity index (χ0v) is 13.5. The van der Waals surface area contributed by atoms with Crippen LogP contribution in [0.1, 0.15) is 17.5 Å². The molecule has 3 rings (SSSR count). The predicted octanol–water partition coefficient (Wildman–Crippen LogP) is 2.80. The molecular weight excluding hydrogens is 307 g/mol. The highest BCUT2D eigenvalue weighted by Gasteiger charge is 2.37. The summed E-state index contributed by atoms with van der Waals surface area (Å²) in [4.78, 5) is 26.5. The van der Waals surface area contributed by atoms with Gasteiger partial charge in [0.1, 0.15) is 11.7 Å². The molecule has 0 aliphatic carbocycles. The van der Waals surface area contributed by atoms with Crippen LogP contribution in [0.3, 0.4) is 0 Å². The van der Waals surface area contributed by atoms with E-state index in [1.165, 1.54) is 6.07 Å². The van der Waals surface area contributed by atoms with Crippen LogP contribution in [0.2, 0.25) is 0 Å². The van der Waals surface area contributed by atoms with Gasteiger partial charge in [0, 0.05) is 24.3 Å². The number of aryl methyl sites for hydroxylation is 1. The molecule has 1 heterocycles. The lowest BCUT2D eigenvalue weighted by atomic mass is 10.1. The summed E-state index contributed by atoms with van der Waals surface area (Å²) in [5.74, 6) is -1.62. The maximum absolute atomic E-state index is 13.6. The van der Waals surface area contributed by atoms with E-state index in [2.05, 4.69) is 5.32 Å². The fourth-order valence-electron chi connectivity index (χ4n) is 2.98. The van der Waals surface area contributed by atoms with Gasteiger partial charge < -0.3 is 10.2 Å². The third-order valence-corrected chi connectivity index (χ3v) is 4.34. The Balaban J connectivity index is 1.66. The second-order valence-electron chi connectivity index (χ2n) is 5.93. The van der Waals surface area contributed by atoms with E-state index in [9.17, 15) is 14.0 Å². The van der Waals surface area contributed by atoms with E-state index >= 15 is 0 Å². The summed E-state index contributed by atoms with van der Waals surface area (Å²) in [7, 11) is 0. The Kier molecular flexibility index (Phi) is 4.60. The van der Waals surface area contributed by atoms with Crippen LogP contribution in [0.25, 0.3) is 0 Å². The Bertz CT molecular complexity index is 775. The molecular formula is C19H19FN2O2. The van der Waals surface area contributed by atoms with Crippen molar-refractivity contribution in [2.75, 3.05) is 11.4 Å². The number of hydrogen-bond donors (Lipinski definition) is 1. The number of nitrogens with one attached hydrogen (secondary N) is 1. The van der Waals surface area contributed by atoms with Gasteiger partial charge in [-0.1, -0.05) is 36.4 Å². The maximum Gasteiger partial charge on any atom is 0.239 e. The summed E-state index contributed by atoms with van der Waals surface area (Å²) in [5.41, 5.74) is 2.25. The summed E-state index contributed by atoms with van der Waals surface area (Å²) >= 11 is 0. The molecule has 1 unspecified atom stereocenters. The molecule has 2 aromatic rings. The molecule has 0 spiro atoms. The van der Waals surface area contributed by atoms with Gasteiger partial charge in [-0.15, -0.1) is 0 Å². The number of para-hydroxylation sites is 1. The molecule has 0 aromatic heterocycles. The van der Waals surface area contributed by atoms with Crippen LogP contribution in [0.4, 0.5) is 10.1 Å². The van der Waals surface area contributed by atoms with Gasteiger partial charge >= 0.3 is 0 Å². The Morgan fingerprint density at radius 2 is 1.92 bits per heavy atom. The Morgan fingerprint density at radius 3 is 2.67 bits per heavy atom. The Morgan fingerprint density at radius 1 is 1.21 bits per heavy atom. The largest absolute Gasteiger partial charge is 0.351 e. The highest BCUT2D eigenvalue weighted by molar-refractivity contribution is 6.09. The van der Waals surface area contributed by atoms with Gasteiger partial charge in [-0.3, -0.25) is 9.59 Å². The summed E-state index contributed by atoms with van der Waals surface area (Å²) in [6, 6.07) is 13.9. The number of halogens is 1. The van der Waals surface area contributed by atoms with Crippen molar-refractivity contribution in [3.8, 4) is 0 Å². The smallest absolute Gasteiger partial charge is 0.239 e. The lowest BCUT2D eigenvalue weighted by molar-refractivity contribution is -0.132. The molecule has 0 radical (unpaired) electrons. The van der Waals surface area contributed by atoms with Crippen molar-refractivity contribution in [1.29, 1.82) is 0 Å². The quantitative estimate of drug-likeness (QED) is 0.879. The zero-order valence-electron chi connectivity index (χ0n) is 13.5. The van der Waals surface area contributed by atoms with E-state index in [0.29, 0.717) is 18.5 Å². The van der Waals surface area contributed by atoms with Crippen molar-refractivity contribution in [3.63, 3.8) is 0 Å². The minimum atomic E-state index is -0.712. The SMILES string of the molecule is Cc1ccccc1N1CCC(C(=O)NCc2ccccc2F)C1=O. The highest BCUT2D eigenvalue weighted by atomic mass is 19.1. The van der Waals surface area contributed by atoms with Crippen molar-refractivity contribution in [3.05, 3.63) is 65.5 Å². The lowest BCUT2D eigenvalue weighted by Gasteiger charge is -2.19. The van der Waals surface area contributed by atoms with E-state index in [0.717, 1.165) is 11.3 Å². The maximum atomic E-state index is 13.6. The normalized spacial score (nSPS) is 17.2. The van der Waals surface area contributed by atoms with Gasteiger partial charge in [0.2, 0.25) is 11.8 Å². The van der Waals surface area contributed by atoms with E-state index in [1.54, 1.807) is 23.1 Å². The van der Waals surface area contributed by atoms with E-state index < -0.39 is 5.92 Å². The molecule has 24 heavy (non-hydrogen) atoms. The monoisotopic (exact) mass is 326 g/mol. The molecule has 0 saturated carbocycles. The first kappa shape index (κ1) is 16.2. The molecule has 2 amide bonds. The first-order valence-corrected chi connectivity index (χ1v) is 7.96. The highest BCUT2D eigenvalue weighted by Crippen LogP contribution is 2.27. The second kappa shape index (κ2) is 6.83. The summed E-state index contributed by atoms with van der Waals surface area (Å²) in [5, 5.41) is 2.67. The van der Waals surface area contributed by atoms with Crippen molar-refractivity contribution in [1.82, 2.24) is 5.32 Å². The molecule has 1 aliphatic heterocycles. The molecule has 1 atom stereocenters. The minimum absolute atomic E-state index is 0.0830. The van der Waals surface area contributed by atoms with E-state index in [-0.39, 0.29) is 24.2 Å². The topological polar surface area (TPSA) is 49.4 Å². The number of carbonyl (C=O) groups excluding carboxylic acids is 2. The van der Waals surface area contributed by atoms with Gasteiger partial charge in [0.05, 0.1) is 0 Å². The van der Waals surface area contributed by atoms with Crippen LogP contribution in [0.15, 0.2) is 48.5 Å². The van der Waals surface area contributed by atoms with Gasteiger partial charge in [-0.05, 0) is 31.0 Å². The van der Waals surface area contributed by atoms with Crippen LogP contribution in [0.5, 0.6) is 0 Å². The Labute approximate surface area is 140 Å². The summed E-state index contributed by atoms with van der Waals surface area (Å²) < 4.78 is 13.6. The number of hydrogen-bond acceptors (Lipinski definition) is 2. The summed E-state index contributed by atoms with van der Waals surface area (Å²) in [6.45, 7) is 2.54. The molecule has 1 fully saturated rings. The van der Waals surface area contributed by atoms with Crippen molar-refractivity contribution in [2.24, 2.45) is 5.92 Å². The molecule has 4 nitrogen and oxygen atoms in total. The van der Waals surface area contributed by atoms with Gasteiger partial charge in [-0.25, -0.2) is 4.39 Å². The number of rotatable bonds is 4. The van der Waals surface area contributed by atoms with Gasteiger partial charge in [0.25, 0.3) is 0 Å². The summed E-state index contributed by atoms with van der Waals surface area (Å²) in [6.07, 6.45) is 0.469. The van der Waals surface area contributed by atoms with Crippen LogP contribution < -0.4 is 10.2 Å². The first-order chi connectivity index (χ1) is 11.6.